The van der Waals surface area contributed by atoms with E-state index in [1.165, 1.54) is 7.11 Å². The number of nitrogens with one attached hydrogen (secondary N) is 2. The maximum Gasteiger partial charge on any atom is 0.339 e. The molecule has 5 rings (SSSR count). The van der Waals surface area contributed by atoms with E-state index in [0.29, 0.717) is 22.1 Å². The van der Waals surface area contributed by atoms with Crippen molar-refractivity contribution in [2.75, 3.05) is 19.0 Å². The zero-order valence-corrected chi connectivity index (χ0v) is 20.9. The second kappa shape index (κ2) is 10.6. The van der Waals surface area contributed by atoms with Crippen molar-refractivity contribution in [3.63, 3.8) is 0 Å². The highest BCUT2D eigenvalue weighted by Crippen LogP contribution is 2.39. The molecule has 0 bridgehead atoms. The van der Waals surface area contributed by atoms with Crippen LogP contribution in [-0.2, 0) is 9.53 Å². The van der Waals surface area contributed by atoms with E-state index in [-0.39, 0.29) is 24.5 Å². The Bertz CT molecular complexity index is 1420. The molecule has 2 aromatic carbocycles. The number of amides is 1. The molecule has 3 heterocycles. The molecular weight excluding hydrogens is 486 g/mol. The Morgan fingerprint density at radius 2 is 1.76 bits per heavy atom. The van der Waals surface area contributed by atoms with Crippen LogP contribution in [0, 0.1) is 0 Å². The zero-order valence-electron chi connectivity index (χ0n) is 20.1. The Labute approximate surface area is 219 Å². The Morgan fingerprint density at radius 3 is 2.51 bits per heavy atom. The molecule has 1 amide bonds. The third kappa shape index (κ3) is 4.94. The summed E-state index contributed by atoms with van der Waals surface area (Å²) in [6.07, 6.45) is 3.61. The fraction of sp³-hybridized carbons (Fsp3) is 0.143. The molecule has 1 aliphatic heterocycles. The fourth-order valence-electron chi connectivity index (χ4n) is 4.59. The summed E-state index contributed by atoms with van der Waals surface area (Å²) >= 11 is 5.72. The second-order valence-corrected chi connectivity index (χ2v) is 8.87. The van der Waals surface area contributed by atoms with Crippen LogP contribution in [0.5, 0.6) is 0 Å². The number of pyridine rings is 1. The van der Waals surface area contributed by atoms with Crippen molar-refractivity contribution in [2.45, 2.75) is 12.1 Å². The molecule has 2 N–H and O–H groups in total. The SMILES string of the molecule is COC(=O)c1ccccc1-n1cccc1[C@H]1[C@@H](c2ccccn2)NC(=S)N1CC(=O)Nc1ccccc1. The van der Waals surface area contributed by atoms with Gasteiger partial charge in [-0.1, -0.05) is 36.4 Å². The Kier molecular flexibility index (Phi) is 6.96. The predicted octanol–water partition coefficient (Wildman–Crippen LogP) is 4.27. The van der Waals surface area contributed by atoms with Crippen LogP contribution in [0.15, 0.2) is 97.3 Å². The van der Waals surface area contributed by atoms with Crippen LogP contribution in [0.3, 0.4) is 0 Å². The summed E-state index contributed by atoms with van der Waals surface area (Å²) in [6, 6.07) is 25.4. The van der Waals surface area contributed by atoms with E-state index in [2.05, 4.69) is 15.6 Å². The molecule has 0 unspecified atom stereocenters. The first-order chi connectivity index (χ1) is 18.1. The van der Waals surface area contributed by atoms with Gasteiger partial charge in [0.25, 0.3) is 0 Å². The minimum atomic E-state index is -0.435. The number of ether oxygens (including phenoxy) is 1. The van der Waals surface area contributed by atoms with Crippen molar-refractivity contribution in [3.05, 3.63) is 114 Å². The molecule has 9 heteroatoms. The summed E-state index contributed by atoms with van der Waals surface area (Å²) < 4.78 is 6.95. The van der Waals surface area contributed by atoms with E-state index in [4.69, 9.17) is 17.0 Å². The van der Waals surface area contributed by atoms with Crippen molar-refractivity contribution in [1.29, 1.82) is 0 Å². The van der Waals surface area contributed by atoms with Gasteiger partial charge in [-0.2, -0.15) is 0 Å². The van der Waals surface area contributed by atoms with Crippen LogP contribution < -0.4 is 10.6 Å². The molecule has 4 aromatic rings. The number of rotatable bonds is 7. The summed E-state index contributed by atoms with van der Waals surface area (Å²) in [7, 11) is 1.36. The smallest absolute Gasteiger partial charge is 0.339 e. The first-order valence-corrected chi connectivity index (χ1v) is 12.2. The maximum absolute atomic E-state index is 13.1. The number of para-hydroxylation sites is 2. The average Bonchev–Trinajstić information content (AvgIpc) is 3.53. The van der Waals surface area contributed by atoms with Gasteiger partial charge in [0.05, 0.1) is 36.1 Å². The second-order valence-electron chi connectivity index (χ2n) is 8.48. The van der Waals surface area contributed by atoms with Crippen molar-refractivity contribution >= 4 is 34.9 Å². The van der Waals surface area contributed by atoms with Crippen molar-refractivity contribution in [3.8, 4) is 5.69 Å². The Hall–Kier alpha value is -4.50. The van der Waals surface area contributed by atoms with Gasteiger partial charge in [-0.15, -0.1) is 0 Å². The van der Waals surface area contributed by atoms with Crippen LogP contribution >= 0.6 is 12.2 Å². The summed E-state index contributed by atoms with van der Waals surface area (Å²) in [5, 5.41) is 6.74. The van der Waals surface area contributed by atoms with Gasteiger partial charge in [0.1, 0.15) is 6.54 Å². The van der Waals surface area contributed by atoms with E-state index < -0.39 is 5.97 Å². The van der Waals surface area contributed by atoms with E-state index >= 15 is 0 Å². The minimum Gasteiger partial charge on any atom is -0.465 e. The number of thiocarbonyl (C=S) groups is 1. The highest BCUT2D eigenvalue weighted by atomic mass is 32.1. The normalized spacial score (nSPS) is 16.8. The van der Waals surface area contributed by atoms with Crippen LogP contribution in [0.2, 0.25) is 0 Å². The number of hydrogen-bond acceptors (Lipinski definition) is 5. The largest absolute Gasteiger partial charge is 0.465 e. The highest BCUT2D eigenvalue weighted by molar-refractivity contribution is 7.80. The number of benzene rings is 2. The number of methoxy groups -OCH3 is 1. The van der Waals surface area contributed by atoms with Gasteiger partial charge in [-0.3, -0.25) is 9.78 Å². The Morgan fingerprint density at radius 1 is 1.00 bits per heavy atom. The van der Waals surface area contributed by atoms with Crippen molar-refractivity contribution in [1.82, 2.24) is 19.8 Å². The van der Waals surface area contributed by atoms with Crippen LogP contribution in [0.25, 0.3) is 5.69 Å². The lowest BCUT2D eigenvalue weighted by atomic mass is 10.0. The van der Waals surface area contributed by atoms with Crippen molar-refractivity contribution in [2.24, 2.45) is 0 Å². The lowest BCUT2D eigenvalue weighted by Gasteiger charge is -2.28. The highest BCUT2D eigenvalue weighted by Gasteiger charge is 2.42. The molecule has 1 saturated heterocycles. The minimum absolute atomic E-state index is 0.0263. The molecule has 0 saturated carbocycles. The molecule has 0 radical (unpaired) electrons. The number of carbonyl (C=O) groups is 2. The van der Waals surface area contributed by atoms with Crippen LogP contribution in [-0.4, -0.2) is 45.1 Å². The summed E-state index contributed by atoms with van der Waals surface area (Å²) in [5.41, 5.74) is 3.43. The molecule has 0 aliphatic carbocycles. The summed E-state index contributed by atoms with van der Waals surface area (Å²) in [5.74, 6) is -0.634. The van der Waals surface area contributed by atoms with Gasteiger partial charge in [-0.25, -0.2) is 4.79 Å². The number of nitrogens with zero attached hydrogens (tertiary/aromatic N) is 3. The standard InChI is InChI=1S/C28H25N5O3S/c1-36-27(35)20-12-5-6-14-22(20)32-17-9-15-23(32)26-25(21-13-7-8-16-29-21)31-28(37)33(26)18-24(34)30-19-10-3-2-4-11-19/h2-17,25-26H,18H2,1H3,(H,30,34)(H,31,37)/t25-,26+/m1/s1. The molecule has 2 aromatic heterocycles. The number of carbonyl (C=O) groups excluding carboxylic acids is 2. The van der Waals surface area contributed by atoms with E-state index in [0.717, 1.165) is 11.4 Å². The lowest BCUT2D eigenvalue weighted by Crippen LogP contribution is -2.37. The summed E-state index contributed by atoms with van der Waals surface area (Å²) in [6.45, 7) is 0.0263. The number of esters is 1. The monoisotopic (exact) mass is 511 g/mol. The quantitative estimate of drug-likeness (QED) is 0.283. The van der Waals surface area contributed by atoms with Crippen LogP contribution in [0.4, 0.5) is 5.69 Å². The molecular formula is C28H25N5O3S. The van der Waals surface area contributed by atoms with E-state index in [1.807, 2.05) is 88.5 Å². The molecule has 37 heavy (non-hydrogen) atoms. The first kappa shape index (κ1) is 24.2. The first-order valence-electron chi connectivity index (χ1n) is 11.7. The topological polar surface area (TPSA) is 88.5 Å². The number of aromatic nitrogens is 2. The predicted molar refractivity (Wildman–Crippen MR) is 144 cm³/mol. The van der Waals surface area contributed by atoms with E-state index in [1.54, 1.807) is 18.3 Å². The third-order valence-corrected chi connectivity index (χ3v) is 6.57. The lowest BCUT2D eigenvalue weighted by molar-refractivity contribution is -0.116. The molecule has 186 valence electrons. The van der Waals surface area contributed by atoms with Crippen molar-refractivity contribution < 1.29 is 14.3 Å². The van der Waals surface area contributed by atoms with Gasteiger partial charge in [-0.05, 0) is 60.7 Å². The molecule has 0 spiro atoms. The third-order valence-electron chi connectivity index (χ3n) is 6.22. The van der Waals surface area contributed by atoms with Gasteiger partial charge in [0.2, 0.25) is 5.91 Å². The fourth-order valence-corrected chi connectivity index (χ4v) is 4.90. The number of anilines is 1. The van der Waals surface area contributed by atoms with E-state index in [9.17, 15) is 9.59 Å². The molecule has 8 nitrogen and oxygen atoms in total. The molecule has 2 atom stereocenters. The van der Waals surface area contributed by atoms with Crippen LogP contribution in [0.1, 0.15) is 33.8 Å². The summed E-state index contributed by atoms with van der Waals surface area (Å²) in [4.78, 5) is 32.1. The zero-order chi connectivity index (χ0) is 25.8. The average molecular weight is 512 g/mol. The van der Waals surface area contributed by atoms with Gasteiger partial charge in [0, 0.05) is 23.8 Å². The maximum atomic E-state index is 13.1. The Balaban J connectivity index is 1.55. The van der Waals surface area contributed by atoms with Gasteiger partial charge in [0.15, 0.2) is 5.11 Å². The van der Waals surface area contributed by atoms with Gasteiger partial charge >= 0.3 is 5.97 Å². The number of hydrogen-bond donors (Lipinski definition) is 2. The van der Waals surface area contributed by atoms with Gasteiger partial charge < -0.3 is 24.8 Å². The molecule has 1 aliphatic rings. The molecule has 1 fully saturated rings.